The monoisotopic (exact) mass is 586 g/mol. The third-order valence-electron chi connectivity index (χ3n) is 6.44. The Bertz CT molecular complexity index is 835. The molecule has 1 unspecified atom stereocenters. The van der Waals surface area contributed by atoms with E-state index in [1.807, 2.05) is 0 Å². The SMILES string of the molecule is CC(=O)NC(C=O)[C@@H](O[C@@H]1O[C@H](CO)[C@@H](O[C@@H]2O[C@H](CO)[C@H](O)[C@H](O)[C@H]2O)[C@H](O)[C@H]1NC(C)=O)[C@@H](O)[C@H](O)CO. The van der Waals surface area contributed by atoms with Gasteiger partial charge >= 0.3 is 0 Å². The lowest BCUT2D eigenvalue weighted by Gasteiger charge is -2.48. The smallest absolute Gasteiger partial charge is 0.217 e. The van der Waals surface area contributed by atoms with Crippen LogP contribution >= 0.6 is 0 Å². The summed E-state index contributed by atoms with van der Waals surface area (Å²) < 4.78 is 22.1. The highest BCUT2D eigenvalue weighted by molar-refractivity contribution is 5.77. The molecule has 2 aliphatic rings. The Hall–Kier alpha value is -1.91. The van der Waals surface area contributed by atoms with Crippen LogP contribution < -0.4 is 10.6 Å². The van der Waals surface area contributed by atoms with Crippen LogP contribution in [-0.2, 0) is 33.3 Å². The summed E-state index contributed by atoms with van der Waals surface area (Å²) in [5, 5.41) is 95.2. The number of hydrogen-bond acceptors (Lipinski definition) is 16. The van der Waals surface area contributed by atoms with Crippen LogP contribution in [0.4, 0.5) is 0 Å². The van der Waals surface area contributed by atoms with Crippen molar-refractivity contribution in [3.63, 3.8) is 0 Å². The molecule has 0 radical (unpaired) electrons. The van der Waals surface area contributed by atoms with Crippen molar-refractivity contribution in [3.05, 3.63) is 0 Å². The summed E-state index contributed by atoms with van der Waals surface area (Å²) in [7, 11) is 0. The van der Waals surface area contributed by atoms with Crippen molar-refractivity contribution < 1.29 is 79.3 Å². The van der Waals surface area contributed by atoms with E-state index in [1.54, 1.807) is 0 Å². The number of ether oxygens (including phenoxy) is 4. The van der Waals surface area contributed by atoms with Crippen molar-refractivity contribution in [3.8, 4) is 0 Å². The van der Waals surface area contributed by atoms with Gasteiger partial charge in [0.25, 0.3) is 0 Å². The first kappa shape index (κ1) is 34.3. The highest BCUT2D eigenvalue weighted by Crippen LogP contribution is 2.30. The lowest BCUT2D eigenvalue weighted by atomic mass is 9.95. The van der Waals surface area contributed by atoms with Gasteiger partial charge in [0.05, 0.1) is 19.8 Å². The molecule has 18 nitrogen and oxygen atoms in total. The van der Waals surface area contributed by atoms with E-state index in [4.69, 9.17) is 18.9 Å². The van der Waals surface area contributed by atoms with Gasteiger partial charge < -0.3 is 80.3 Å². The van der Waals surface area contributed by atoms with E-state index in [0.29, 0.717) is 0 Å². The van der Waals surface area contributed by atoms with E-state index in [-0.39, 0.29) is 6.29 Å². The molecule has 2 fully saturated rings. The summed E-state index contributed by atoms with van der Waals surface area (Å²) in [6.07, 6.45) is -20.9. The zero-order valence-electron chi connectivity index (χ0n) is 21.7. The molecule has 0 aliphatic carbocycles. The average molecular weight is 587 g/mol. The lowest BCUT2D eigenvalue weighted by Crippen LogP contribution is -2.68. The minimum absolute atomic E-state index is 0.167. The van der Waals surface area contributed by atoms with Crippen molar-refractivity contribution >= 4 is 18.1 Å². The molecule has 2 aliphatic heterocycles. The van der Waals surface area contributed by atoms with Crippen LogP contribution in [0.3, 0.4) is 0 Å². The van der Waals surface area contributed by atoms with E-state index < -0.39 is 117 Å². The lowest BCUT2D eigenvalue weighted by molar-refractivity contribution is -0.353. The van der Waals surface area contributed by atoms with Crippen LogP contribution in [0.1, 0.15) is 13.8 Å². The average Bonchev–Trinajstić information content (AvgIpc) is 2.92. The Morgan fingerprint density at radius 2 is 1.48 bits per heavy atom. The second kappa shape index (κ2) is 15.4. The fourth-order valence-corrected chi connectivity index (χ4v) is 4.36. The molecule has 0 aromatic heterocycles. The number of amides is 2. The van der Waals surface area contributed by atoms with Gasteiger partial charge in [-0.05, 0) is 0 Å². The van der Waals surface area contributed by atoms with Crippen LogP contribution in [0.5, 0.6) is 0 Å². The third kappa shape index (κ3) is 8.10. The molecule has 14 atom stereocenters. The van der Waals surface area contributed by atoms with Gasteiger partial charge in [0, 0.05) is 13.8 Å². The number of hydrogen-bond donors (Lipinski definition) is 11. The molecule has 232 valence electrons. The largest absolute Gasteiger partial charge is 0.394 e. The van der Waals surface area contributed by atoms with Crippen LogP contribution in [-0.4, -0.2) is 170 Å². The summed E-state index contributed by atoms with van der Waals surface area (Å²) in [5.41, 5.74) is 0. The van der Waals surface area contributed by atoms with Gasteiger partial charge in [-0.3, -0.25) is 9.59 Å². The van der Waals surface area contributed by atoms with Gasteiger partial charge in [-0.2, -0.15) is 0 Å². The summed E-state index contributed by atoms with van der Waals surface area (Å²) in [5.74, 6) is -1.47. The number of aliphatic hydroxyl groups excluding tert-OH is 9. The van der Waals surface area contributed by atoms with E-state index in [2.05, 4.69) is 10.6 Å². The van der Waals surface area contributed by atoms with Crippen molar-refractivity contribution in [2.24, 2.45) is 0 Å². The number of carbonyl (C=O) groups is 3. The molecular weight excluding hydrogens is 548 g/mol. The van der Waals surface area contributed by atoms with E-state index >= 15 is 0 Å². The van der Waals surface area contributed by atoms with E-state index in [1.165, 1.54) is 0 Å². The maximum absolute atomic E-state index is 12.0. The standard InChI is InChI=1S/C22H38N2O16/c1-7(29)23-9(3-25)19(14(32)10(31)4-26)39-21-13(24-8(2)30)16(34)20(12(6-28)38-21)40-22-18(36)17(35)15(33)11(5-27)37-22/h3,9-22,26-28,31-36H,4-6H2,1-2H3,(H,23,29)(H,24,30)/t9?,10-,11-,12-,13-,14+,15+,16-,17+,18-,19-,20-,21+,22+/m1/s1. The van der Waals surface area contributed by atoms with Gasteiger partial charge in [0.15, 0.2) is 12.6 Å². The number of aldehydes is 1. The van der Waals surface area contributed by atoms with Crippen molar-refractivity contribution in [1.82, 2.24) is 10.6 Å². The summed E-state index contributed by atoms with van der Waals surface area (Å²) in [6, 6.07) is -3.20. The van der Waals surface area contributed by atoms with Gasteiger partial charge in [0.1, 0.15) is 79.4 Å². The Labute approximate surface area is 228 Å². The van der Waals surface area contributed by atoms with Crippen LogP contribution in [0.15, 0.2) is 0 Å². The first-order valence-corrected chi connectivity index (χ1v) is 12.3. The number of rotatable bonds is 13. The number of nitrogens with one attached hydrogen (secondary N) is 2. The molecule has 18 heteroatoms. The van der Waals surface area contributed by atoms with Crippen molar-refractivity contribution in [1.29, 1.82) is 0 Å². The predicted molar refractivity (Wildman–Crippen MR) is 126 cm³/mol. The molecule has 0 aromatic rings. The number of carbonyl (C=O) groups excluding carboxylic acids is 3. The molecule has 40 heavy (non-hydrogen) atoms. The fourth-order valence-electron chi connectivity index (χ4n) is 4.36. The Morgan fingerprint density at radius 1 is 0.875 bits per heavy atom. The van der Waals surface area contributed by atoms with Gasteiger partial charge in [-0.15, -0.1) is 0 Å². The molecule has 2 saturated heterocycles. The normalized spacial score (nSPS) is 37.6. The van der Waals surface area contributed by atoms with Crippen molar-refractivity contribution in [2.75, 3.05) is 19.8 Å². The maximum atomic E-state index is 12.0. The predicted octanol–water partition coefficient (Wildman–Crippen LogP) is -7.44. The summed E-state index contributed by atoms with van der Waals surface area (Å²) in [6.45, 7) is -0.543. The topological polar surface area (TPSA) is 294 Å². The van der Waals surface area contributed by atoms with Gasteiger partial charge in [-0.1, -0.05) is 0 Å². The minimum atomic E-state index is -2.01. The van der Waals surface area contributed by atoms with Gasteiger partial charge in [-0.25, -0.2) is 0 Å². The van der Waals surface area contributed by atoms with Crippen LogP contribution in [0.2, 0.25) is 0 Å². The Morgan fingerprint density at radius 3 is 1.98 bits per heavy atom. The van der Waals surface area contributed by atoms with E-state index in [0.717, 1.165) is 13.8 Å². The number of aliphatic hydroxyl groups is 9. The zero-order valence-corrected chi connectivity index (χ0v) is 21.7. The summed E-state index contributed by atoms with van der Waals surface area (Å²) in [4.78, 5) is 35.3. The molecule has 2 amide bonds. The fraction of sp³-hybridized carbons (Fsp3) is 0.864. The molecule has 0 saturated carbocycles. The highest BCUT2D eigenvalue weighted by atomic mass is 16.7. The molecule has 11 N–H and O–H groups in total. The molecule has 0 aromatic carbocycles. The Kier molecular flexibility index (Phi) is 13.2. The summed E-state index contributed by atoms with van der Waals surface area (Å²) >= 11 is 0. The highest BCUT2D eigenvalue weighted by Gasteiger charge is 2.52. The van der Waals surface area contributed by atoms with Crippen molar-refractivity contribution in [2.45, 2.75) is 99.6 Å². The van der Waals surface area contributed by atoms with E-state index in [9.17, 15) is 60.3 Å². The molecule has 2 rings (SSSR count). The maximum Gasteiger partial charge on any atom is 0.217 e. The molecular formula is C22H38N2O16. The third-order valence-corrected chi connectivity index (χ3v) is 6.44. The Balaban J connectivity index is 2.39. The van der Waals surface area contributed by atoms with Crippen LogP contribution in [0.25, 0.3) is 0 Å². The molecule has 0 bridgehead atoms. The van der Waals surface area contributed by atoms with Gasteiger partial charge in [0.2, 0.25) is 11.8 Å². The second-order valence-corrected chi connectivity index (χ2v) is 9.44. The first-order chi connectivity index (χ1) is 18.8. The molecule has 0 spiro atoms. The van der Waals surface area contributed by atoms with Crippen LogP contribution in [0, 0.1) is 0 Å². The minimum Gasteiger partial charge on any atom is -0.394 e. The first-order valence-electron chi connectivity index (χ1n) is 12.3. The molecule has 2 heterocycles. The second-order valence-electron chi connectivity index (χ2n) is 9.44. The zero-order chi connectivity index (χ0) is 30.3. The quantitative estimate of drug-likeness (QED) is 0.0893.